The van der Waals surface area contributed by atoms with E-state index in [0.29, 0.717) is 0 Å². The lowest BCUT2D eigenvalue weighted by molar-refractivity contribution is -0.121. The van der Waals surface area contributed by atoms with Crippen LogP contribution < -0.4 is 9.44 Å². The topological polar surface area (TPSA) is 84.5 Å². The van der Waals surface area contributed by atoms with Gasteiger partial charge in [0.25, 0.3) is 10.2 Å². The molecular weight excluding hydrogens is 301 g/mol. The Labute approximate surface area is 113 Å². The van der Waals surface area contributed by atoms with Gasteiger partial charge in [0.1, 0.15) is 6.54 Å². The Hall–Kier alpha value is -1.81. The summed E-state index contributed by atoms with van der Waals surface area (Å²) in [5.41, 5.74) is 0.186. The molecule has 112 valence electrons. The van der Waals surface area contributed by atoms with Gasteiger partial charge in [-0.25, -0.2) is 4.79 Å². The number of nitrogens with one attached hydrogen (secondary N) is 2. The van der Waals surface area contributed by atoms with Crippen molar-refractivity contribution in [3.63, 3.8) is 0 Å². The molecule has 1 aromatic rings. The molecule has 6 nitrogen and oxygen atoms in total. The fraction of sp³-hybridized carbons (Fsp3) is 0.300. The first-order chi connectivity index (χ1) is 9.13. The highest BCUT2D eigenvalue weighted by Crippen LogP contribution is 2.14. The van der Waals surface area contributed by atoms with Crippen molar-refractivity contribution in [1.29, 1.82) is 0 Å². The van der Waals surface area contributed by atoms with E-state index in [2.05, 4.69) is 4.74 Å². The third-order valence-corrected chi connectivity index (χ3v) is 3.05. The number of benzene rings is 1. The van der Waals surface area contributed by atoms with Crippen molar-refractivity contribution in [2.45, 2.75) is 6.18 Å². The van der Waals surface area contributed by atoms with Gasteiger partial charge in [-0.15, -0.1) is 0 Å². The third kappa shape index (κ3) is 5.45. The number of ether oxygens (including phenoxy) is 1. The summed E-state index contributed by atoms with van der Waals surface area (Å²) in [5.74, 6) is -0.616. The van der Waals surface area contributed by atoms with Crippen LogP contribution in [0.2, 0.25) is 0 Å². The summed E-state index contributed by atoms with van der Waals surface area (Å²) in [6.07, 6.45) is -4.65. The second-order valence-electron chi connectivity index (χ2n) is 3.61. The first kappa shape index (κ1) is 16.2. The Morgan fingerprint density at radius 3 is 2.25 bits per heavy atom. The number of esters is 1. The van der Waals surface area contributed by atoms with Gasteiger partial charge >= 0.3 is 12.1 Å². The van der Waals surface area contributed by atoms with Crippen molar-refractivity contribution in [2.24, 2.45) is 0 Å². The number of anilines is 1. The summed E-state index contributed by atoms with van der Waals surface area (Å²) in [6.45, 7) is -1.68. The summed E-state index contributed by atoms with van der Waals surface area (Å²) in [6, 6.07) is 4.99. The summed E-state index contributed by atoms with van der Waals surface area (Å²) in [4.78, 5) is 11.1. The maximum atomic E-state index is 11.9. The van der Waals surface area contributed by atoms with E-state index in [0.717, 1.165) is 0 Å². The quantitative estimate of drug-likeness (QED) is 0.802. The zero-order valence-corrected chi connectivity index (χ0v) is 11.0. The first-order valence-corrected chi connectivity index (χ1v) is 6.64. The molecule has 1 rings (SSSR count). The highest BCUT2D eigenvalue weighted by molar-refractivity contribution is 7.90. The summed E-state index contributed by atoms with van der Waals surface area (Å²) >= 11 is 0. The Kier molecular flexibility index (Phi) is 4.95. The maximum absolute atomic E-state index is 11.9. The smallest absolute Gasteiger partial charge is 0.402 e. The zero-order chi connectivity index (χ0) is 15.4. The van der Waals surface area contributed by atoms with Gasteiger partial charge in [0.2, 0.25) is 0 Å². The van der Waals surface area contributed by atoms with Crippen molar-refractivity contribution in [2.75, 3.05) is 18.4 Å². The number of carbonyl (C=O) groups is 1. The number of hydrogen-bond donors (Lipinski definition) is 2. The first-order valence-electron chi connectivity index (χ1n) is 5.15. The molecule has 0 radical (unpaired) electrons. The van der Waals surface area contributed by atoms with E-state index in [9.17, 15) is 26.4 Å². The van der Waals surface area contributed by atoms with Gasteiger partial charge in [-0.1, -0.05) is 0 Å². The van der Waals surface area contributed by atoms with Crippen LogP contribution in [0, 0.1) is 0 Å². The molecule has 0 heterocycles. The second kappa shape index (κ2) is 6.09. The molecule has 0 aliphatic heterocycles. The molecule has 0 aliphatic rings. The molecule has 2 N–H and O–H groups in total. The van der Waals surface area contributed by atoms with Crippen LogP contribution in [0.1, 0.15) is 10.4 Å². The monoisotopic (exact) mass is 312 g/mol. The number of alkyl halides is 3. The lowest BCUT2D eigenvalue weighted by Crippen LogP contribution is -2.37. The maximum Gasteiger partial charge on any atom is 0.402 e. The van der Waals surface area contributed by atoms with Crippen molar-refractivity contribution in [1.82, 2.24) is 4.72 Å². The predicted molar refractivity (Wildman–Crippen MR) is 64.4 cm³/mol. The molecule has 0 aromatic heterocycles. The molecule has 0 saturated heterocycles. The number of methoxy groups -OCH3 is 1. The molecule has 0 atom stereocenters. The number of carbonyl (C=O) groups excluding carboxylic acids is 1. The molecule has 0 fully saturated rings. The zero-order valence-electron chi connectivity index (χ0n) is 10.2. The normalized spacial score (nSPS) is 12.0. The molecule has 0 saturated carbocycles. The Bertz CT molecular complexity index is 569. The third-order valence-electron chi connectivity index (χ3n) is 2.02. The van der Waals surface area contributed by atoms with Crippen LogP contribution in [0.25, 0.3) is 0 Å². The number of hydrogen-bond acceptors (Lipinski definition) is 4. The highest BCUT2D eigenvalue weighted by Gasteiger charge is 2.29. The van der Waals surface area contributed by atoms with E-state index in [1.807, 2.05) is 4.72 Å². The average Bonchev–Trinajstić information content (AvgIpc) is 2.35. The standard InChI is InChI=1S/C10H11F3N2O4S/c1-19-9(16)7-2-4-8(5-3-7)15-20(17,18)14-6-10(11,12)13/h2-5,14-15H,6H2,1H3. The highest BCUT2D eigenvalue weighted by atomic mass is 32.2. The van der Waals surface area contributed by atoms with Gasteiger partial charge in [-0.2, -0.15) is 26.3 Å². The van der Waals surface area contributed by atoms with Crippen molar-refractivity contribution < 1.29 is 31.1 Å². The Morgan fingerprint density at radius 2 is 1.80 bits per heavy atom. The average molecular weight is 312 g/mol. The van der Waals surface area contributed by atoms with Gasteiger partial charge < -0.3 is 4.74 Å². The van der Waals surface area contributed by atoms with Gasteiger partial charge in [-0.05, 0) is 24.3 Å². The molecule has 0 amide bonds. The van der Waals surface area contributed by atoms with Gasteiger partial charge in [0, 0.05) is 5.69 Å². The lowest BCUT2D eigenvalue weighted by Gasteiger charge is -2.11. The fourth-order valence-electron chi connectivity index (χ4n) is 1.16. The minimum atomic E-state index is -4.65. The molecule has 1 aromatic carbocycles. The Balaban J connectivity index is 2.71. The molecule has 20 heavy (non-hydrogen) atoms. The van der Waals surface area contributed by atoms with E-state index in [1.54, 1.807) is 0 Å². The van der Waals surface area contributed by atoms with Crippen LogP contribution in [0.15, 0.2) is 24.3 Å². The van der Waals surface area contributed by atoms with Crippen LogP contribution >= 0.6 is 0 Å². The summed E-state index contributed by atoms with van der Waals surface area (Å²) in [5, 5.41) is 0. The van der Waals surface area contributed by atoms with Crippen LogP contribution in [-0.2, 0) is 14.9 Å². The van der Waals surface area contributed by atoms with Crippen LogP contribution in [0.4, 0.5) is 18.9 Å². The van der Waals surface area contributed by atoms with E-state index in [4.69, 9.17) is 0 Å². The molecule has 0 bridgehead atoms. The minimum absolute atomic E-state index is 0.00678. The van der Waals surface area contributed by atoms with E-state index < -0.39 is 28.9 Å². The Morgan fingerprint density at radius 1 is 1.25 bits per heavy atom. The molecule has 10 heteroatoms. The largest absolute Gasteiger partial charge is 0.465 e. The molecule has 0 spiro atoms. The minimum Gasteiger partial charge on any atom is -0.465 e. The molecule has 0 unspecified atom stereocenters. The SMILES string of the molecule is COC(=O)c1ccc(NS(=O)(=O)NCC(F)(F)F)cc1. The molecule has 0 aliphatic carbocycles. The van der Waals surface area contributed by atoms with E-state index in [1.165, 1.54) is 36.1 Å². The van der Waals surface area contributed by atoms with E-state index >= 15 is 0 Å². The molecular formula is C10H11F3N2O4S. The predicted octanol–water partition coefficient (Wildman–Crippen LogP) is 1.28. The van der Waals surface area contributed by atoms with Gasteiger partial charge in [-0.3, -0.25) is 4.72 Å². The van der Waals surface area contributed by atoms with Crippen LogP contribution in [0.5, 0.6) is 0 Å². The van der Waals surface area contributed by atoms with Crippen LogP contribution in [-0.4, -0.2) is 34.2 Å². The fourth-order valence-corrected chi connectivity index (χ4v) is 2.03. The van der Waals surface area contributed by atoms with Crippen LogP contribution in [0.3, 0.4) is 0 Å². The summed E-state index contributed by atoms with van der Waals surface area (Å²) < 4.78 is 66.0. The number of rotatable bonds is 5. The van der Waals surface area contributed by atoms with Gasteiger partial charge in [0.05, 0.1) is 12.7 Å². The van der Waals surface area contributed by atoms with Crippen molar-refractivity contribution >= 4 is 21.9 Å². The van der Waals surface area contributed by atoms with Gasteiger partial charge in [0.15, 0.2) is 0 Å². The second-order valence-corrected chi connectivity index (χ2v) is 5.11. The lowest BCUT2D eigenvalue weighted by atomic mass is 10.2. The number of halogens is 3. The van der Waals surface area contributed by atoms with E-state index in [-0.39, 0.29) is 11.3 Å². The van der Waals surface area contributed by atoms with Crippen molar-refractivity contribution in [3.05, 3.63) is 29.8 Å². The van der Waals surface area contributed by atoms with Crippen molar-refractivity contribution in [3.8, 4) is 0 Å². The summed E-state index contributed by atoms with van der Waals surface area (Å²) in [7, 11) is -3.16.